The van der Waals surface area contributed by atoms with E-state index in [1.807, 2.05) is 37.3 Å². The molecular weight excluding hydrogens is 340 g/mol. The Morgan fingerprint density at radius 2 is 1.93 bits per heavy atom. The molecule has 3 rings (SSSR count). The lowest BCUT2D eigenvalue weighted by Gasteiger charge is -2.17. The van der Waals surface area contributed by atoms with Gasteiger partial charge in [0.1, 0.15) is 5.82 Å². The van der Waals surface area contributed by atoms with Crippen molar-refractivity contribution in [1.29, 1.82) is 0 Å². The van der Waals surface area contributed by atoms with Crippen molar-refractivity contribution in [2.24, 2.45) is 5.92 Å². The number of carbonyl (C=O) groups is 2. The molecule has 1 aliphatic rings. The van der Waals surface area contributed by atoms with Gasteiger partial charge in [-0.15, -0.1) is 0 Å². The summed E-state index contributed by atoms with van der Waals surface area (Å²) in [5.41, 5.74) is 2.73. The van der Waals surface area contributed by atoms with Crippen molar-refractivity contribution in [2.75, 3.05) is 18.9 Å². The zero-order valence-corrected chi connectivity index (χ0v) is 16.7. The normalized spacial score (nSPS) is 14.1. The number of aromatic nitrogens is 2. The second-order valence-corrected chi connectivity index (χ2v) is 8.38. The molecule has 0 atom stereocenters. The largest absolute Gasteiger partial charge is 0.336 e. The van der Waals surface area contributed by atoms with Gasteiger partial charge in [0.2, 0.25) is 11.8 Å². The van der Waals surface area contributed by atoms with E-state index in [-0.39, 0.29) is 29.7 Å². The summed E-state index contributed by atoms with van der Waals surface area (Å²) >= 11 is 0. The maximum absolute atomic E-state index is 12.6. The molecule has 0 unspecified atom stereocenters. The highest BCUT2D eigenvalue weighted by Gasteiger charge is 2.32. The Labute approximate surface area is 160 Å². The van der Waals surface area contributed by atoms with Gasteiger partial charge in [-0.25, -0.2) is 4.68 Å². The molecule has 144 valence electrons. The topological polar surface area (TPSA) is 67.2 Å². The summed E-state index contributed by atoms with van der Waals surface area (Å²) in [6.07, 6.45) is 1.86. The minimum absolute atomic E-state index is 0.0408. The molecule has 0 saturated heterocycles. The summed E-state index contributed by atoms with van der Waals surface area (Å²) in [5, 5.41) is 7.68. The Bertz CT molecular complexity index is 859. The van der Waals surface area contributed by atoms with E-state index < -0.39 is 0 Å². The predicted octanol–water partition coefficient (Wildman–Crippen LogP) is 3.29. The first kappa shape index (κ1) is 19.1. The zero-order chi connectivity index (χ0) is 19.8. The fraction of sp³-hybridized carbons (Fsp3) is 0.476. The van der Waals surface area contributed by atoms with Crippen LogP contribution in [0.5, 0.6) is 0 Å². The van der Waals surface area contributed by atoms with E-state index in [9.17, 15) is 9.59 Å². The summed E-state index contributed by atoms with van der Waals surface area (Å²) in [4.78, 5) is 26.1. The van der Waals surface area contributed by atoms with Gasteiger partial charge in [0.25, 0.3) is 0 Å². The number of nitrogens with zero attached hydrogens (tertiary/aromatic N) is 3. The van der Waals surface area contributed by atoms with Crippen molar-refractivity contribution < 1.29 is 9.59 Å². The minimum atomic E-state index is -0.221. The lowest BCUT2D eigenvalue weighted by molar-refractivity contribution is -0.134. The number of benzene rings is 1. The van der Waals surface area contributed by atoms with Crippen LogP contribution in [-0.2, 0) is 15.0 Å². The van der Waals surface area contributed by atoms with Gasteiger partial charge in [-0.3, -0.25) is 9.59 Å². The Balaban J connectivity index is 1.85. The number of nitrogens with one attached hydrogen (secondary N) is 1. The molecular formula is C21H28N4O2. The monoisotopic (exact) mass is 368 g/mol. The average Bonchev–Trinajstić information content (AvgIpc) is 3.34. The van der Waals surface area contributed by atoms with Crippen LogP contribution in [0.3, 0.4) is 0 Å². The maximum Gasteiger partial charge on any atom is 0.245 e. The number of amides is 2. The lowest BCUT2D eigenvalue weighted by atomic mass is 9.92. The number of likely N-dealkylation sites (N-methyl/N-ethyl adjacent to an activating group) is 1. The first-order chi connectivity index (χ1) is 12.7. The van der Waals surface area contributed by atoms with Crippen molar-refractivity contribution >= 4 is 17.6 Å². The molecule has 1 aromatic heterocycles. The maximum atomic E-state index is 12.6. The van der Waals surface area contributed by atoms with Crippen molar-refractivity contribution in [2.45, 2.75) is 46.0 Å². The van der Waals surface area contributed by atoms with Crippen LogP contribution in [0.25, 0.3) is 5.69 Å². The molecule has 0 radical (unpaired) electrons. The van der Waals surface area contributed by atoms with Gasteiger partial charge in [0.15, 0.2) is 0 Å². The van der Waals surface area contributed by atoms with Gasteiger partial charge in [0.05, 0.1) is 17.9 Å². The molecule has 0 spiro atoms. The van der Waals surface area contributed by atoms with Crippen LogP contribution in [0.2, 0.25) is 0 Å². The Kier molecular flexibility index (Phi) is 5.09. The molecule has 1 aliphatic carbocycles. The number of hydrogen-bond acceptors (Lipinski definition) is 3. The van der Waals surface area contributed by atoms with Crippen LogP contribution in [-0.4, -0.2) is 40.1 Å². The highest BCUT2D eigenvalue weighted by Crippen LogP contribution is 2.31. The Morgan fingerprint density at radius 3 is 2.52 bits per heavy atom. The van der Waals surface area contributed by atoms with Crippen LogP contribution in [0.1, 0.15) is 44.9 Å². The third-order valence-electron chi connectivity index (χ3n) is 4.77. The van der Waals surface area contributed by atoms with Gasteiger partial charge < -0.3 is 10.2 Å². The molecule has 1 heterocycles. The summed E-state index contributed by atoms with van der Waals surface area (Å²) in [6, 6.07) is 9.83. The van der Waals surface area contributed by atoms with Crippen molar-refractivity contribution in [3.8, 4) is 5.69 Å². The third kappa shape index (κ3) is 4.38. The number of hydrogen-bond donors (Lipinski definition) is 1. The summed E-state index contributed by atoms with van der Waals surface area (Å²) in [5.74, 6) is 0.550. The van der Waals surface area contributed by atoms with Gasteiger partial charge in [-0.1, -0.05) is 39.0 Å². The molecule has 6 heteroatoms. The van der Waals surface area contributed by atoms with E-state index >= 15 is 0 Å². The molecule has 2 aromatic rings. The highest BCUT2D eigenvalue weighted by molar-refractivity contribution is 5.94. The van der Waals surface area contributed by atoms with Crippen molar-refractivity contribution in [3.05, 3.63) is 41.6 Å². The smallest absolute Gasteiger partial charge is 0.245 e. The van der Waals surface area contributed by atoms with E-state index in [1.54, 1.807) is 11.7 Å². The number of para-hydroxylation sites is 1. The number of carbonyl (C=O) groups excluding carboxylic acids is 2. The zero-order valence-electron chi connectivity index (χ0n) is 16.7. The van der Waals surface area contributed by atoms with Crippen molar-refractivity contribution in [1.82, 2.24) is 14.7 Å². The van der Waals surface area contributed by atoms with Crippen LogP contribution >= 0.6 is 0 Å². The van der Waals surface area contributed by atoms with E-state index in [2.05, 4.69) is 26.1 Å². The molecule has 1 aromatic carbocycles. The van der Waals surface area contributed by atoms with Gasteiger partial charge in [-0.2, -0.15) is 5.10 Å². The number of aryl methyl sites for hydroxylation is 1. The molecule has 0 bridgehead atoms. The fourth-order valence-corrected chi connectivity index (χ4v) is 2.94. The van der Waals surface area contributed by atoms with Crippen LogP contribution in [0, 0.1) is 12.8 Å². The van der Waals surface area contributed by atoms with E-state index in [0.717, 1.165) is 29.8 Å². The highest BCUT2D eigenvalue weighted by atomic mass is 16.2. The standard InChI is InChI=1S/C21H28N4O2/c1-14-8-6-7-9-16(14)25-18(12-17(23-25)21(2,3)4)22-19(26)13-24(5)20(27)15-10-11-15/h6-9,12,15H,10-11,13H2,1-5H3,(H,22,26). The fourth-order valence-electron chi connectivity index (χ4n) is 2.94. The molecule has 2 amide bonds. The van der Waals surface area contributed by atoms with Crippen LogP contribution in [0.15, 0.2) is 30.3 Å². The third-order valence-corrected chi connectivity index (χ3v) is 4.77. The number of anilines is 1. The first-order valence-electron chi connectivity index (χ1n) is 9.38. The van der Waals surface area contributed by atoms with E-state index in [4.69, 9.17) is 5.10 Å². The van der Waals surface area contributed by atoms with Gasteiger partial charge in [0, 0.05) is 24.4 Å². The molecule has 27 heavy (non-hydrogen) atoms. The van der Waals surface area contributed by atoms with E-state index in [1.165, 1.54) is 4.90 Å². The molecule has 1 saturated carbocycles. The molecule has 0 aliphatic heterocycles. The van der Waals surface area contributed by atoms with Gasteiger partial charge >= 0.3 is 0 Å². The summed E-state index contributed by atoms with van der Waals surface area (Å²) in [6.45, 7) is 8.32. The SMILES string of the molecule is Cc1ccccc1-n1nc(C(C)(C)C)cc1NC(=O)CN(C)C(=O)C1CC1. The second-order valence-electron chi connectivity index (χ2n) is 8.38. The van der Waals surface area contributed by atoms with Gasteiger partial charge in [-0.05, 0) is 31.4 Å². The van der Waals surface area contributed by atoms with Crippen LogP contribution < -0.4 is 5.32 Å². The molecule has 1 fully saturated rings. The predicted molar refractivity (Wildman–Crippen MR) is 106 cm³/mol. The Hall–Kier alpha value is -2.63. The summed E-state index contributed by atoms with van der Waals surface area (Å²) < 4.78 is 1.77. The minimum Gasteiger partial charge on any atom is -0.336 e. The number of rotatable bonds is 5. The van der Waals surface area contributed by atoms with E-state index in [0.29, 0.717) is 5.82 Å². The van der Waals surface area contributed by atoms with Crippen molar-refractivity contribution in [3.63, 3.8) is 0 Å². The molecule has 1 N–H and O–H groups in total. The quantitative estimate of drug-likeness (QED) is 0.881. The second kappa shape index (κ2) is 7.18. The molecule has 6 nitrogen and oxygen atoms in total. The first-order valence-corrected chi connectivity index (χ1v) is 9.38. The van der Waals surface area contributed by atoms with Crippen LogP contribution in [0.4, 0.5) is 5.82 Å². The lowest BCUT2D eigenvalue weighted by Crippen LogP contribution is -2.36. The Morgan fingerprint density at radius 1 is 1.26 bits per heavy atom. The average molecular weight is 368 g/mol. The summed E-state index contributed by atoms with van der Waals surface area (Å²) in [7, 11) is 1.68.